The summed E-state index contributed by atoms with van der Waals surface area (Å²) >= 11 is 0. The summed E-state index contributed by atoms with van der Waals surface area (Å²) in [5.74, 6) is -1.98. The van der Waals surface area contributed by atoms with Crippen molar-refractivity contribution in [2.45, 2.75) is 6.92 Å². The lowest BCUT2D eigenvalue weighted by Gasteiger charge is -2.02. The predicted octanol–water partition coefficient (Wildman–Crippen LogP) is 1.32. The number of ketones is 1. The number of hydrogen-bond acceptors (Lipinski definition) is 3. The van der Waals surface area contributed by atoms with E-state index in [0.29, 0.717) is 0 Å². The van der Waals surface area contributed by atoms with Crippen LogP contribution in [0.3, 0.4) is 0 Å². The Labute approximate surface area is 68.6 Å². The molecule has 0 aliphatic heterocycles. The van der Waals surface area contributed by atoms with Crippen molar-refractivity contribution >= 4 is 11.5 Å². The van der Waals surface area contributed by atoms with Crippen molar-refractivity contribution in [3.05, 3.63) is 23.5 Å². The van der Waals surface area contributed by atoms with E-state index in [9.17, 15) is 9.18 Å². The Morgan fingerprint density at radius 2 is 2.17 bits per heavy atom. The molecule has 1 aromatic rings. The number of carbonyl (C=O) groups excluding carboxylic acids is 1. The van der Waals surface area contributed by atoms with E-state index in [1.165, 1.54) is 13.0 Å². The first-order chi connectivity index (χ1) is 5.52. The van der Waals surface area contributed by atoms with E-state index in [4.69, 9.17) is 10.8 Å². The number of nitrogen functional groups attached to an aromatic ring is 1. The molecule has 64 valence electrons. The monoisotopic (exact) mass is 169 g/mol. The zero-order valence-electron chi connectivity index (χ0n) is 6.47. The van der Waals surface area contributed by atoms with Gasteiger partial charge in [0.15, 0.2) is 17.3 Å². The smallest absolute Gasteiger partial charge is 0.175 e. The second kappa shape index (κ2) is 2.81. The molecule has 12 heavy (non-hydrogen) atoms. The fourth-order valence-corrected chi connectivity index (χ4v) is 0.887. The quantitative estimate of drug-likeness (QED) is 0.492. The number of phenols is 1. The number of phenolic OH excluding ortho intramolecular Hbond substituents is 1. The van der Waals surface area contributed by atoms with E-state index in [-0.39, 0.29) is 11.3 Å². The minimum absolute atomic E-state index is 0.166. The lowest BCUT2D eigenvalue weighted by Crippen LogP contribution is -1.99. The molecule has 0 fully saturated rings. The van der Waals surface area contributed by atoms with Crippen LogP contribution in [-0.2, 0) is 0 Å². The van der Waals surface area contributed by atoms with Gasteiger partial charge in [0, 0.05) is 11.8 Å². The summed E-state index contributed by atoms with van der Waals surface area (Å²) in [6.45, 7) is 1.21. The Kier molecular flexibility index (Phi) is 1.99. The van der Waals surface area contributed by atoms with Gasteiger partial charge in [0.25, 0.3) is 0 Å². The van der Waals surface area contributed by atoms with Gasteiger partial charge in [-0.15, -0.1) is 0 Å². The first-order valence-corrected chi connectivity index (χ1v) is 3.31. The zero-order chi connectivity index (χ0) is 9.30. The van der Waals surface area contributed by atoms with Gasteiger partial charge in [-0.3, -0.25) is 4.79 Å². The molecule has 3 N–H and O–H groups in total. The van der Waals surface area contributed by atoms with Crippen LogP contribution in [0, 0.1) is 5.82 Å². The van der Waals surface area contributed by atoms with Crippen LogP contribution in [0.1, 0.15) is 17.3 Å². The Bertz CT molecular complexity index is 336. The fraction of sp³-hybridized carbons (Fsp3) is 0.125. The van der Waals surface area contributed by atoms with Crippen molar-refractivity contribution in [1.82, 2.24) is 0 Å². The minimum Gasteiger partial charge on any atom is -0.505 e. The normalized spacial score (nSPS) is 9.83. The number of Topliss-reactive ketones (excluding diaryl/α,β-unsaturated/α-hetero) is 1. The van der Waals surface area contributed by atoms with Gasteiger partial charge in [-0.25, -0.2) is 4.39 Å². The van der Waals surface area contributed by atoms with Crippen LogP contribution in [0.5, 0.6) is 5.75 Å². The topological polar surface area (TPSA) is 63.3 Å². The number of benzene rings is 1. The second-order valence-corrected chi connectivity index (χ2v) is 2.46. The highest BCUT2D eigenvalue weighted by molar-refractivity contribution is 5.95. The number of halogens is 1. The molecule has 1 rings (SSSR count). The molecule has 0 saturated heterocycles. The maximum atomic E-state index is 12.9. The molecule has 0 spiro atoms. The van der Waals surface area contributed by atoms with E-state index in [1.54, 1.807) is 0 Å². The summed E-state index contributed by atoms with van der Waals surface area (Å²) in [7, 11) is 0. The summed E-state index contributed by atoms with van der Waals surface area (Å²) in [6.07, 6.45) is 0. The minimum atomic E-state index is -0.920. The van der Waals surface area contributed by atoms with Crippen LogP contribution in [0.4, 0.5) is 10.1 Å². The number of rotatable bonds is 1. The highest BCUT2D eigenvalue weighted by Crippen LogP contribution is 2.23. The molecular weight excluding hydrogens is 161 g/mol. The predicted molar refractivity (Wildman–Crippen MR) is 42.5 cm³/mol. The van der Waals surface area contributed by atoms with Gasteiger partial charge in [-0.1, -0.05) is 0 Å². The van der Waals surface area contributed by atoms with Crippen LogP contribution in [0.25, 0.3) is 0 Å². The molecular formula is C8H8FNO2. The van der Waals surface area contributed by atoms with Gasteiger partial charge in [0.1, 0.15) is 0 Å². The van der Waals surface area contributed by atoms with Gasteiger partial charge in [-0.05, 0) is 13.0 Å². The van der Waals surface area contributed by atoms with Crippen molar-refractivity contribution in [3.8, 4) is 5.75 Å². The third-order valence-electron chi connectivity index (χ3n) is 1.46. The summed E-state index contributed by atoms with van der Waals surface area (Å²) in [5.41, 5.74) is 5.27. The summed E-state index contributed by atoms with van der Waals surface area (Å²) in [6, 6.07) is 2.25. The van der Waals surface area contributed by atoms with Gasteiger partial charge < -0.3 is 10.8 Å². The van der Waals surface area contributed by atoms with Crippen LogP contribution in [0.2, 0.25) is 0 Å². The third-order valence-corrected chi connectivity index (χ3v) is 1.46. The third kappa shape index (κ3) is 1.37. The molecule has 0 radical (unpaired) electrons. The van der Waals surface area contributed by atoms with Crippen molar-refractivity contribution < 1.29 is 14.3 Å². The molecule has 0 saturated carbocycles. The average molecular weight is 169 g/mol. The Hall–Kier alpha value is -1.58. The maximum absolute atomic E-state index is 12.9. The van der Waals surface area contributed by atoms with Crippen LogP contribution in [-0.4, -0.2) is 10.9 Å². The summed E-state index contributed by atoms with van der Waals surface area (Å²) in [4.78, 5) is 10.8. The Morgan fingerprint density at radius 1 is 1.58 bits per heavy atom. The molecule has 0 aliphatic rings. The second-order valence-electron chi connectivity index (χ2n) is 2.46. The molecule has 0 aliphatic carbocycles. The fourth-order valence-electron chi connectivity index (χ4n) is 0.887. The van der Waals surface area contributed by atoms with Crippen molar-refractivity contribution in [2.75, 3.05) is 5.73 Å². The number of anilines is 1. The molecule has 0 bridgehead atoms. The van der Waals surface area contributed by atoms with E-state index in [2.05, 4.69) is 0 Å². The van der Waals surface area contributed by atoms with E-state index < -0.39 is 17.3 Å². The van der Waals surface area contributed by atoms with Gasteiger partial charge in [0.05, 0.1) is 5.56 Å². The molecule has 0 aromatic heterocycles. The van der Waals surface area contributed by atoms with Crippen molar-refractivity contribution in [3.63, 3.8) is 0 Å². The lowest BCUT2D eigenvalue weighted by atomic mass is 10.1. The molecule has 0 unspecified atom stereocenters. The van der Waals surface area contributed by atoms with Crippen LogP contribution in [0.15, 0.2) is 12.1 Å². The first kappa shape index (κ1) is 8.52. The Balaban J connectivity index is 3.37. The molecule has 0 amide bonds. The van der Waals surface area contributed by atoms with Gasteiger partial charge >= 0.3 is 0 Å². The highest BCUT2D eigenvalue weighted by atomic mass is 19.1. The van der Waals surface area contributed by atoms with Crippen LogP contribution < -0.4 is 5.73 Å². The summed E-state index contributed by atoms with van der Waals surface area (Å²) < 4.78 is 12.9. The van der Waals surface area contributed by atoms with E-state index in [0.717, 1.165) is 6.07 Å². The van der Waals surface area contributed by atoms with Crippen molar-refractivity contribution in [1.29, 1.82) is 0 Å². The number of hydrogen-bond donors (Lipinski definition) is 2. The lowest BCUT2D eigenvalue weighted by molar-refractivity contribution is 0.101. The SMILES string of the molecule is CC(=O)c1cc(N)cc(O)c1F. The number of carbonyl (C=O) groups is 1. The average Bonchev–Trinajstić information content (AvgIpc) is 1.96. The maximum Gasteiger partial charge on any atom is 0.175 e. The molecule has 1 aromatic carbocycles. The number of nitrogens with two attached hydrogens (primary N) is 1. The molecule has 3 nitrogen and oxygen atoms in total. The highest BCUT2D eigenvalue weighted by Gasteiger charge is 2.11. The first-order valence-electron chi connectivity index (χ1n) is 3.31. The standard InChI is InChI=1S/C8H8FNO2/c1-4(11)6-2-5(10)3-7(12)8(6)9/h2-3,12H,10H2,1H3. The van der Waals surface area contributed by atoms with Gasteiger partial charge in [0.2, 0.25) is 0 Å². The van der Waals surface area contributed by atoms with E-state index in [1.807, 2.05) is 0 Å². The molecule has 0 atom stereocenters. The van der Waals surface area contributed by atoms with Crippen molar-refractivity contribution in [2.24, 2.45) is 0 Å². The van der Waals surface area contributed by atoms with Crippen LogP contribution >= 0.6 is 0 Å². The zero-order valence-corrected chi connectivity index (χ0v) is 6.47. The Morgan fingerprint density at radius 3 is 2.67 bits per heavy atom. The summed E-state index contributed by atoms with van der Waals surface area (Å²) in [5, 5.41) is 8.92. The van der Waals surface area contributed by atoms with Gasteiger partial charge in [-0.2, -0.15) is 0 Å². The van der Waals surface area contributed by atoms with E-state index >= 15 is 0 Å². The molecule has 4 heteroatoms. The number of aromatic hydroxyl groups is 1. The largest absolute Gasteiger partial charge is 0.505 e. The molecule has 0 heterocycles.